The third-order valence-electron chi connectivity index (χ3n) is 4.67. The number of hydrogen-bond acceptors (Lipinski definition) is 2. The number of aliphatic imine (C=N–C) groups is 1. The van der Waals surface area contributed by atoms with E-state index in [1.807, 2.05) is 6.08 Å². The van der Waals surface area contributed by atoms with Crippen molar-refractivity contribution in [2.24, 2.45) is 10.4 Å². The molecule has 1 spiro atoms. The summed E-state index contributed by atoms with van der Waals surface area (Å²) in [4.78, 5) is 20.1. The van der Waals surface area contributed by atoms with Crippen LogP contribution in [-0.2, 0) is 4.79 Å². The molecule has 0 radical (unpaired) electrons. The highest BCUT2D eigenvalue weighted by Gasteiger charge is 2.41. The van der Waals surface area contributed by atoms with Gasteiger partial charge in [-0.3, -0.25) is 4.79 Å². The Bertz CT molecular complexity index is 416. The number of nitrogens with zero attached hydrogens (tertiary/aromatic N) is 3. The Kier molecular flexibility index (Phi) is 7.65. The maximum absolute atomic E-state index is 11.7. The van der Waals surface area contributed by atoms with E-state index in [2.05, 4.69) is 21.8 Å². The van der Waals surface area contributed by atoms with E-state index in [-0.39, 0.29) is 36.4 Å². The maximum atomic E-state index is 11.7. The minimum absolute atomic E-state index is 0. The van der Waals surface area contributed by atoms with Crippen LogP contribution in [-0.4, -0.2) is 61.9 Å². The van der Waals surface area contributed by atoms with Gasteiger partial charge >= 0.3 is 0 Å². The van der Waals surface area contributed by atoms with Crippen molar-refractivity contribution in [3.8, 4) is 0 Å². The third-order valence-corrected chi connectivity index (χ3v) is 4.67. The topological polar surface area (TPSA) is 47.9 Å². The lowest BCUT2D eigenvalue weighted by Gasteiger charge is -2.26. The Balaban J connectivity index is 0.00000242. The molecule has 2 aliphatic rings. The average molecular weight is 420 g/mol. The number of amides is 1. The second kappa shape index (κ2) is 8.74. The Labute approximate surface area is 151 Å². The first-order valence-electron chi connectivity index (χ1n) is 7.91. The number of nitrogens with one attached hydrogen (secondary N) is 1. The van der Waals surface area contributed by atoms with Crippen molar-refractivity contribution in [2.45, 2.75) is 32.1 Å². The normalized spacial score (nSPS) is 19.9. The van der Waals surface area contributed by atoms with E-state index in [0.717, 1.165) is 19.0 Å². The van der Waals surface area contributed by atoms with Crippen LogP contribution in [0.2, 0.25) is 0 Å². The van der Waals surface area contributed by atoms with Crippen molar-refractivity contribution in [2.75, 3.05) is 40.3 Å². The van der Waals surface area contributed by atoms with Gasteiger partial charge in [-0.1, -0.05) is 18.9 Å². The monoisotopic (exact) mass is 420 g/mol. The lowest BCUT2D eigenvalue weighted by Crippen LogP contribution is -2.42. The molecule has 2 fully saturated rings. The smallest absolute Gasteiger partial charge is 0.243 e. The van der Waals surface area contributed by atoms with Crippen molar-refractivity contribution in [1.82, 2.24) is 15.1 Å². The highest BCUT2D eigenvalue weighted by Crippen LogP contribution is 2.45. The molecule has 1 saturated heterocycles. The van der Waals surface area contributed by atoms with E-state index in [1.165, 1.54) is 32.1 Å². The van der Waals surface area contributed by atoms with Gasteiger partial charge in [0.2, 0.25) is 5.91 Å². The van der Waals surface area contributed by atoms with E-state index in [0.29, 0.717) is 12.0 Å². The summed E-state index contributed by atoms with van der Waals surface area (Å²) in [7, 11) is 3.52. The van der Waals surface area contributed by atoms with E-state index in [4.69, 9.17) is 0 Å². The van der Waals surface area contributed by atoms with Crippen LogP contribution >= 0.6 is 24.0 Å². The van der Waals surface area contributed by atoms with Gasteiger partial charge in [-0.15, -0.1) is 30.6 Å². The number of rotatable bonds is 4. The molecule has 0 aromatic carbocycles. The Morgan fingerprint density at radius 2 is 2.05 bits per heavy atom. The van der Waals surface area contributed by atoms with Crippen LogP contribution in [0, 0.1) is 5.41 Å². The van der Waals surface area contributed by atoms with Crippen molar-refractivity contribution in [3.05, 3.63) is 12.7 Å². The first-order valence-corrected chi connectivity index (χ1v) is 7.91. The fraction of sp³-hybridized carbons (Fsp3) is 0.750. The fourth-order valence-corrected chi connectivity index (χ4v) is 3.36. The van der Waals surface area contributed by atoms with Gasteiger partial charge in [0.05, 0.1) is 0 Å². The summed E-state index contributed by atoms with van der Waals surface area (Å²) in [5.41, 5.74) is 0.502. The minimum Gasteiger partial charge on any atom is -0.353 e. The van der Waals surface area contributed by atoms with Crippen molar-refractivity contribution >= 4 is 35.8 Å². The van der Waals surface area contributed by atoms with Gasteiger partial charge in [0.1, 0.15) is 6.54 Å². The first-order chi connectivity index (χ1) is 10.1. The van der Waals surface area contributed by atoms with Crippen LogP contribution < -0.4 is 5.32 Å². The molecule has 126 valence electrons. The lowest BCUT2D eigenvalue weighted by molar-refractivity contribution is -0.127. The predicted molar refractivity (Wildman–Crippen MR) is 102 cm³/mol. The van der Waals surface area contributed by atoms with Crippen LogP contribution in [0.5, 0.6) is 0 Å². The quantitative estimate of drug-likeness (QED) is 0.328. The third kappa shape index (κ3) is 4.86. The number of carbonyl (C=O) groups excluding carboxylic acids is 1. The Morgan fingerprint density at radius 3 is 2.64 bits per heavy atom. The molecule has 0 aromatic rings. The van der Waals surface area contributed by atoms with E-state index < -0.39 is 0 Å². The zero-order valence-corrected chi connectivity index (χ0v) is 16.1. The highest BCUT2D eigenvalue weighted by molar-refractivity contribution is 14.0. The minimum atomic E-state index is 0. The Morgan fingerprint density at radius 1 is 1.36 bits per heavy atom. The van der Waals surface area contributed by atoms with Crippen LogP contribution in [0.15, 0.2) is 17.6 Å². The number of halogens is 1. The summed E-state index contributed by atoms with van der Waals surface area (Å²) in [5.74, 6) is 0.886. The molecular formula is C16H29IN4O. The second-order valence-corrected chi connectivity index (χ2v) is 6.48. The zero-order valence-electron chi connectivity index (χ0n) is 13.8. The lowest BCUT2D eigenvalue weighted by atomic mass is 9.86. The molecule has 22 heavy (non-hydrogen) atoms. The molecule has 1 aliphatic carbocycles. The summed E-state index contributed by atoms with van der Waals surface area (Å²) < 4.78 is 0. The standard InChI is InChI=1S/C16H28N4O.HI/c1-4-10-17-15(18-12-14(21)19(2)3)20-11-9-16(13-20)7-5-6-8-16;/h4H,1,5-13H2,2-3H3,(H,17,18);1H. The van der Waals surface area contributed by atoms with E-state index >= 15 is 0 Å². The molecule has 5 nitrogen and oxygen atoms in total. The van der Waals surface area contributed by atoms with Gasteiger partial charge in [-0.2, -0.15) is 0 Å². The molecule has 1 amide bonds. The average Bonchev–Trinajstić information content (AvgIpc) is 3.09. The Hall–Kier alpha value is -0.790. The SMILES string of the molecule is C=CCNC(=NCC(=O)N(C)C)N1CCC2(CCCC2)C1.I. The summed E-state index contributed by atoms with van der Waals surface area (Å²) in [5, 5.41) is 3.30. The van der Waals surface area contributed by atoms with Crippen molar-refractivity contribution in [1.29, 1.82) is 0 Å². The summed E-state index contributed by atoms with van der Waals surface area (Å²) in [6, 6.07) is 0. The molecule has 1 saturated carbocycles. The molecule has 0 aromatic heterocycles. The fourth-order valence-electron chi connectivity index (χ4n) is 3.36. The number of guanidine groups is 1. The van der Waals surface area contributed by atoms with Crippen LogP contribution in [0.4, 0.5) is 0 Å². The first kappa shape index (κ1) is 19.3. The molecule has 6 heteroatoms. The molecular weight excluding hydrogens is 391 g/mol. The van der Waals surface area contributed by atoms with E-state index in [1.54, 1.807) is 19.0 Å². The predicted octanol–water partition coefficient (Wildman–Crippen LogP) is 2.09. The number of carbonyl (C=O) groups is 1. The summed E-state index contributed by atoms with van der Waals surface area (Å²) in [6.07, 6.45) is 8.48. The molecule has 0 unspecified atom stereocenters. The zero-order chi connectivity index (χ0) is 15.3. The summed E-state index contributed by atoms with van der Waals surface area (Å²) in [6.45, 7) is 6.74. The maximum Gasteiger partial charge on any atom is 0.243 e. The van der Waals surface area contributed by atoms with Gasteiger partial charge < -0.3 is 15.1 Å². The number of likely N-dealkylation sites (tertiary alicyclic amines) is 1. The van der Waals surface area contributed by atoms with E-state index in [9.17, 15) is 4.79 Å². The van der Waals surface area contributed by atoms with Crippen LogP contribution in [0.3, 0.4) is 0 Å². The summed E-state index contributed by atoms with van der Waals surface area (Å²) >= 11 is 0. The second-order valence-electron chi connectivity index (χ2n) is 6.48. The molecule has 1 aliphatic heterocycles. The molecule has 0 bridgehead atoms. The molecule has 2 rings (SSSR count). The number of hydrogen-bond donors (Lipinski definition) is 1. The van der Waals surface area contributed by atoms with Gasteiger partial charge in [-0.25, -0.2) is 4.99 Å². The largest absolute Gasteiger partial charge is 0.353 e. The van der Waals surface area contributed by atoms with Gasteiger partial charge in [0.15, 0.2) is 5.96 Å². The highest BCUT2D eigenvalue weighted by atomic mass is 127. The van der Waals surface area contributed by atoms with Crippen LogP contribution in [0.25, 0.3) is 0 Å². The molecule has 1 N–H and O–H groups in total. The molecule has 1 heterocycles. The van der Waals surface area contributed by atoms with Gasteiger partial charge in [0, 0.05) is 33.7 Å². The van der Waals surface area contributed by atoms with Gasteiger partial charge in [0.25, 0.3) is 0 Å². The van der Waals surface area contributed by atoms with Crippen molar-refractivity contribution < 1.29 is 4.79 Å². The molecule has 0 atom stereocenters. The van der Waals surface area contributed by atoms with Crippen molar-refractivity contribution in [3.63, 3.8) is 0 Å². The number of likely N-dealkylation sites (N-methyl/N-ethyl adjacent to an activating group) is 1. The van der Waals surface area contributed by atoms with Crippen LogP contribution in [0.1, 0.15) is 32.1 Å². The van der Waals surface area contributed by atoms with Gasteiger partial charge in [-0.05, 0) is 24.7 Å².